The van der Waals surface area contributed by atoms with Crippen molar-refractivity contribution in [3.63, 3.8) is 0 Å². The van der Waals surface area contributed by atoms with Gasteiger partial charge in [-0.05, 0) is 30.5 Å². The van der Waals surface area contributed by atoms with E-state index in [1.165, 1.54) is 11.0 Å². The number of benzene rings is 2. The lowest BCUT2D eigenvalue weighted by molar-refractivity contribution is -0.123. The van der Waals surface area contributed by atoms with E-state index in [0.29, 0.717) is 12.0 Å². The first-order valence-electron chi connectivity index (χ1n) is 8.03. The minimum atomic E-state index is -0.353. The van der Waals surface area contributed by atoms with Crippen LogP contribution < -0.4 is 10.2 Å². The minimum absolute atomic E-state index is 0.0513. The molecule has 0 bridgehead atoms. The van der Waals surface area contributed by atoms with Crippen molar-refractivity contribution in [2.45, 2.75) is 25.8 Å². The van der Waals surface area contributed by atoms with Crippen LogP contribution in [0.25, 0.3) is 0 Å². The number of carbonyl (C=O) groups excluding carboxylic acids is 2. The van der Waals surface area contributed by atoms with Crippen molar-refractivity contribution in [3.05, 3.63) is 65.5 Å². The Morgan fingerprint density at radius 1 is 1.08 bits per heavy atom. The number of para-hydroxylation sites is 1. The fraction of sp³-hybridized carbons (Fsp3) is 0.263. The van der Waals surface area contributed by atoms with E-state index in [2.05, 4.69) is 5.32 Å². The summed E-state index contributed by atoms with van der Waals surface area (Å²) in [6, 6.07) is 14.0. The van der Waals surface area contributed by atoms with Gasteiger partial charge in [0.2, 0.25) is 11.8 Å². The number of hydrogen-bond donors (Lipinski definition) is 1. The summed E-state index contributed by atoms with van der Waals surface area (Å²) in [4.78, 5) is 26.1. The van der Waals surface area contributed by atoms with E-state index in [4.69, 9.17) is 0 Å². The topological polar surface area (TPSA) is 49.4 Å². The molecule has 1 aliphatic heterocycles. The van der Waals surface area contributed by atoms with Crippen LogP contribution in [0.1, 0.15) is 24.0 Å². The van der Waals surface area contributed by atoms with Gasteiger partial charge in [0.1, 0.15) is 12.4 Å². The lowest BCUT2D eigenvalue weighted by Crippen LogP contribution is -2.40. The van der Waals surface area contributed by atoms with Crippen molar-refractivity contribution in [2.24, 2.45) is 0 Å². The summed E-state index contributed by atoms with van der Waals surface area (Å²) < 4.78 is 13.6. The van der Waals surface area contributed by atoms with Gasteiger partial charge in [-0.2, -0.15) is 0 Å². The Morgan fingerprint density at radius 3 is 2.67 bits per heavy atom. The SMILES string of the molecule is O=C(CN1C(=O)CCCc2ccccc21)NCc1ccccc1F. The van der Waals surface area contributed by atoms with E-state index >= 15 is 0 Å². The van der Waals surface area contributed by atoms with E-state index in [1.807, 2.05) is 24.3 Å². The second-order valence-electron chi connectivity index (χ2n) is 5.83. The third kappa shape index (κ3) is 3.62. The van der Waals surface area contributed by atoms with Gasteiger partial charge in [-0.1, -0.05) is 36.4 Å². The van der Waals surface area contributed by atoms with E-state index in [0.717, 1.165) is 24.1 Å². The van der Waals surface area contributed by atoms with Crippen LogP contribution in [-0.2, 0) is 22.6 Å². The van der Waals surface area contributed by atoms with Crippen molar-refractivity contribution < 1.29 is 14.0 Å². The van der Waals surface area contributed by atoms with Gasteiger partial charge in [-0.25, -0.2) is 4.39 Å². The summed E-state index contributed by atoms with van der Waals surface area (Å²) in [7, 11) is 0. The van der Waals surface area contributed by atoms with Crippen molar-refractivity contribution in [1.29, 1.82) is 0 Å². The van der Waals surface area contributed by atoms with Gasteiger partial charge in [0.15, 0.2) is 0 Å². The molecule has 0 unspecified atom stereocenters. The summed E-state index contributed by atoms with van der Waals surface area (Å²) in [5.74, 6) is -0.710. The minimum Gasteiger partial charge on any atom is -0.350 e. The highest BCUT2D eigenvalue weighted by atomic mass is 19.1. The number of aryl methyl sites for hydroxylation is 1. The van der Waals surface area contributed by atoms with Crippen molar-refractivity contribution >= 4 is 17.5 Å². The largest absolute Gasteiger partial charge is 0.350 e. The molecule has 0 atom stereocenters. The van der Waals surface area contributed by atoms with Gasteiger partial charge in [0.05, 0.1) is 0 Å². The predicted molar refractivity (Wildman–Crippen MR) is 90.0 cm³/mol. The molecule has 0 spiro atoms. The quantitative estimate of drug-likeness (QED) is 0.939. The summed E-state index contributed by atoms with van der Waals surface area (Å²) in [5, 5.41) is 2.69. The smallest absolute Gasteiger partial charge is 0.240 e. The monoisotopic (exact) mass is 326 g/mol. The van der Waals surface area contributed by atoms with Crippen molar-refractivity contribution in [1.82, 2.24) is 5.32 Å². The normalized spacial score (nSPS) is 14.0. The molecule has 0 fully saturated rings. The van der Waals surface area contributed by atoms with Crippen LogP contribution in [0.4, 0.5) is 10.1 Å². The molecule has 1 N–H and O–H groups in total. The van der Waals surface area contributed by atoms with Crippen LogP contribution in [0.3, 0.4) is 0 Å². The third-order valence-electron chi connectivity index (χ3n) is 4.16. The summed E-state index contributed by atoms with van der Waals surface area (Å²) in [6.45, 7) is 0.0550. The standard InChI is InChI=1S/C19H19FN2O2/c20-16-9-3-1-7-15(16)12-21-18(23)13-22-17-10-4-2-6-14(17)8-5-11-19(22)24/h1-4,6-7,9-10H,5,8,11-13H2,(H,21,23). The number of nitrogens with zero attached hydrogens (tertiary/aromatic N) is 1. The fourth-order valence-corrected chi connectivity index (χ4v) is 2.89. The van der Waals surface area contributed by atoms with E-state index in [1.54, 1.807) is 18.2 Å². The average molecular weight is 326 g/mol. The molecule has 0 saturated carbocycles. The summed E-state index contributed by atoms with van der Waals surface area (Å²) in [5.41, 5.74) is 2.29. The lowest BCUT2D eigenvalue weighted by Gasteiger charge is -2.22. The number of hydrogen-bond acceptors (Lipinski definition) is 2. The fourth-order valence-electron chi connectivity index (χ4n) is 2.89. The first-order valence-corrected chi connectivity index (χ1v) is 8.03. The molecule has 5 heteroatoms. The van der Waals surface area contributed by atoms with Crippen molar-refractivity contribution in [2.75, 3.05) is 11.4 Å². The molecule has 1 aliphatic rings. The predicted octanol–water partition coefficient (Wildman–Crippen LogP) is 2.81. The maximum atomic E-state index is 13.6. The van der Waals surface area contributed by atoms with Gasteiger partial charge in [0, 0.05) is 24.2 Å². The molecule has 24 heavy (non-hydrogen) atoms. The van der Waals surface area contributed by atoms with E-state index in [9.17, 15) is 14.0 Å². The van der Waals surface area contributed by atoms with Crippen LogP contribution >= 0.6 is 0 Å². The van der Waals surface area contributed by atoms with Crippen LogP contribution in [0.15, 0.2) is 48.5 Å². The Hall–Kier alpha value is -2.69. The molecule has 4 nitrogen and oxygen atoms in total. The Labute approximate surface area is 140 Å². The van der Waals surface area contributed by atoms with Crippen LogP contribution in [0, 0.1) is 5.82 Å². The maximum Gasteiger partial charge on any atom is 0.240 e. The Bertz CT molecular complexity index is 761. The zero-order chi connectivity index (χ0) is 16.9. The highest BCUT2D eigenvalue weighted by Crippen LogP contribution is 2.26. The number of nitrogens with one attached hydrogen (secondary N) is 1. The van der Waals surface area contributed by atoms with Gasteiger partial charge < -0.3 is 10.2 Å². The molecular weight excluding hydrogens is 307 g/mol. The van der Waals surface area contributed by atoms with Crippen LogP contribution in [-0.4, -0.2) is 18.4 Å². The molecule has 0 saturated heterocycles. The molecule has 0 aromatic heterocycles. The molecule has 3 rings (SSSR count). The number of anilines is 1. The molecular formula is C19H19FN2O2. The Morgan fingerprint density at radius 2 is 1.83 bits per heavy atom. The molecule has 124 valence electrons. The van der Waals surface area contributed by atoms with Gasteiger partial charge >= 0.3 is 0 Å². The van der Waals surface area contributed by atoms with Gasteiger partial charge in [-0.3, -0.25) is 9.59 Å². The molecule has 0 radical (unpaired) electrons. The Balaban J connectivity index is 1.69. The van der Waals surface area contributed by atoms with E-state index < -0.39 is 0 Å². The van der Waals surface area contributed by atoms with Crippen molar-refractivity contribution in [3.8, 4) is 0 Å². The zero-order valence-electron chi connectivity index (χ0n) is 13.3. The molecule has 0 aliphatic carbocycles. The summed E-state index contributed by atoms with van der Waals surface area (Å²) in [6.07, 6.45) is 2.04. The first kappa shape index (κ1) is 16.2. The zero-order valence-corrected chi connectivity index (χ0v) is 13.3. The Kier molecular flexibility index (Phi) is 4.89. The molecule has 2 amide bonds. The highest BCUT2D eigenvalue weighted by Gasteiger charge is 2.23. The second-order valence-corrected chi connectivity index (χ2v) is 5.83. The number of amides is 2. The van der Waals surface area contributed by atoms with Gasteiger partial charge in [-0.15, -0.1) is 0 Å². The molecule has 2 aromatic carbocycles. The molecule has 2 aromatic rings. The number of rotatable bonds is 4. The number of fused-ring (bicyclic) bond motifs is 1. The van der Waals surface area contributed by atoms with Crippen LogP contribution in [0.5, 0.6) is 0 Å². The summed E-state index contributed by atoms with van der Waals surface area (Å²) >= 11 is 0. The second kappa shape index (κ2) is 7.25. The average Bonchev–Trinajstić information content (AvgIpc) is 2.74. The number of halogens is 1. The highest BCUT2D eigenvalue weighted by molar-refractivity contribution is 5.99. The number of carbonyl (C=O) groups is 2. The lowest BCUT2D eigenvalue weighted by atomic mass is 10.1. The third-order valence-corrected chi connectivity index (χ3v) is 4.16. The first-order chi connectivity index (χ1) is 11.6. The molecule has 1 heterocycles. The maximum absolute atomic E-state index is 13.6. The van der Waals surface area contributed by atoms with Gasteiger partial charge in [0.25, 0.3) is 0 Å². The van der Waals surface area contributed by atoms with Crippen LogP contribution in [0.2, 0.25) is 0 Å². The van der Waals surface area contributed by atoms with E-state index in [-0.39, 0.29) is 30.7 Å².